The predicted molar refractivity (Wildman–Crippen MR) is 89.6 cm³/mol. The molecule has 5 nitrogen and oxygen atoms in total. The first-order chi connectivity index (χ1) is 10.5. The number of halogens is 1. The second-order valence-corrected chi connectivity index (χ2v) is 5.15. The molecular weight excluding hydrogens is 302 g/mol. The minimum atomic E-state index is -0.370. The lowest BCUT2D eigenvalue weighted by molar-refractivity contribution is -0.116. The fourth-order valence-electron chi connectivity index (χ4n) is 1.80. The molecule has 0 aromatic heterocycles. The zero-order valence-electron chi connectivity index (χ0n) is 12.3. The van der Waals surface area contributed by atoms with Crippen molar-refractivity contribution in [3.05, 3.63) is 53.6 Å². The Kier molecular flexibility index (Phi) is 5.01. The maximum atomic E-state index is 11.9. The summed E-state index contributed by atoms with van der Waals surface area (Å²) in [5.74, 6) is -0.0808. The van der Waals surface area contributed by atoms with E-state index < -0.39 is 0 Å². The van der Waals surface area contributed by atoms with Crippen LogP contribution in [0, 0.1) is 0 Å². The number of hydrogen-bond donors (Lipinski definition) is 2. The van der Waals surface area contributed by atoms with Gasteiger partial charge in [0, 0.05) is 36.1 Å². The summed E-state index contributed by atoms with van der Waals surface area (Å²) in [4.78, 5) is 24.8. The third kappa shape index (κ3) is 4.23. The number of amides is 3. The molecule has 0 atom stereocenters. The Morgan fingerprint density at radius 3 is 2.27 bits per heavy atom. The molecular formula is C16H16ClN3O2. The van der Waals surface area contributed by atoms with E-state index >= 15 is 0 Å². The summed E-state index contributed by atoms with van der Waals surface area (Å²) < 4.78 is 0. The van der Waals surface area contributed by atoms with Crippen LogP contribution in [-0.2, 0) is 4.79 Å². The van der Waals surface area contributed by atoms with Crippen molar-refractivity contribution in [3.8, 4) is 0 Å². The summed E-state index contributed by atoms with van der Waals surface area (Å²) in [6.07, 6.45) is 0. The zero-order valence-corrected chi connectivity index (χ0v) is 13.0. The van der Waals surface area contributed by atoms with Crippen LogP contribution in [0.5, 0.6) is 0 Å². The van der Waals surface area contributed by atoms with Crippen LogP contribution in [0.25, 0.3) is 0 Å². The maximum Gasteiger partial charge on any atom is 0.323 e. The number of urea groups is 1. The highest BCUT2D eigenvalue weighted by molar-refractivity contribution is 6.30. The summed E-state index contributed by atoms with van der Waals surface area (Å²) in [5.41, 5.74) is 1.94. The van der Waals surface area contributed by atoms with E-state index in [2.05, 4.69) is 10.6 Å². The van der Waals surface area contributed by atoms with Gasteiger partial charge in [-0.25, -0.2) is 4.79 Å². The number of nitrogens with zero attached hydrogens (tertiary/aromatic N) is 1. The molecule has 0 saturated heterocycles. The number of anilines is 3. The van der Waals surface area contributed by atoms with Crippen LogP contribution in [0.2, 0.25) is 5.02 Å². The normalized spacial score (nSPS) is 9.95. The molecule has 0 aliphatic carbocycles. The fourth-order valence-corrected chi connectivity index (χ4v) is 1.93. The van der Waals surface area contributed by atoms with Crippen LogP contribution >= 0.6 is 11.6 Å². The van der Waals surface area contributed by atoms with Crippen molar-refractivity contribution >= 4 is 40.6 Å². The summed E-state index contributed by atoms with van der Waals surface area (Å²) >= 11 is 5.79. The standard InChI is InChI=1S/C16H16ClN3O2/c1-11(21)20(2)15-5-3-4-14(10-15)19-16(22)18-13-8-6-12(17)7-9-13/h3-10H,1-2H3,(H2,18,19,22). The zero-order chi connectivity index (χ0) is 16.1. The molecule has 0 unspecified atom stereocenters. The Labute approximate surface area is 133 Å². The predicted octanol–water partition coefficient (Wildman–Crippen LogP) is 3.97. The van der Waals surface area contributed by atoms with Gasteiger partial charge in [-0.05, 0) is 42.5 Å². The average Bonchev–Trinajstić information content (AvgIpc) is 2.49. The molecule has 0 fully saturated rings. The van der Waals surface area contributed by atoms with Gasteiger partial charge in [-0.3, -0.25) is 4.79 Å². The summed E-state index contributed by atoms with van der Waals surface area (Å²) in [6.45, 7) is 1.48. The molecule has 0 bridgehead atoms. The van der Waals surface area contributed by atoms with E-state index in [0.29, 0.717) is 22.1 Å². The topological polar surface area (TPSA) is 61.4 Å². The summed E-state index contributed by atoms with van der Waals surface area (Å²) in [5, 5.41) is 6.02. The summed E-state index contributed by atoms with van der Waals surface area (Å²) in [7, 11) is 1.68. The van der Waals surface area contributed by atoms with Crippen molar-refractivity contribution in [2.24, 2.45) is 0 Å². The Hall–Kier alpha value is -2.53. The van der Waals surface area contributed by atoms with E-state index in [9.17, 15) is 9.59 Å². The number of hydrogen-bond acceptors (Lipinski definition) is 2. The van der Waals surface area contributed by atoms with Crippen LogP contribution in [0.15, 0.2) is 48.5 Å². The van der Waals surface area contributed by atoms with Crippen LogP contribution in [0.3, 0.4) is 0 Å². The quantitative estimate of drug-likeness (QED) is 0.900. The summed E-state index contributed by atoms with van der Waals surface area (Å²) in [6, 6.07) is 13.5. The van der Waals surface area contributed by atoms with E-state index in [-0.39, 0.29) is 11.9 Å². The van der Waals surface area contributed by atoms with Crippen molar-refractivity contribution < 1.29 is 9.59 Å². The van der Waals surface area contributed by atoms with Crippen molar-refractivity contribution in [2.75, 3.05) is 22.6 Å². The fraction of sp³-hybridized carbons (Fsp3) is 0.125. The van der Waals surface area contributed by atoms with E-state index in [1.165, 1.54) is 11.8 Å². The van der Waals surface area contributed by atoms with Gasteiger partial charge in [-0.2, -0.15) is 0 Å². The van der Waals surface area contributed by atoms with Crippen LogP contribution in [0.1, 0.15) is 6.92 Å². The van der Waals surface area contributed by atoms with Gasteiger partial charge >= 0.3 is 6.03 Å². The molecule has 0 aliphatic rings. The largest absolute Gasteiger partial charge is 0.323 e. The highest BCUT2D eigenvalue weighted by Crippen LogP contribution is 2.19. The SMILES string of the molecule is CC(=O)N(C)c1cccc(NC(=O)Nc2ccc(Cl)cc2)c1. The van der Waals surface area contributed by atoms with Crippen molar-refractivity contribution in [1.29, 1.82) is 0 Å². The second-order valence-electron chi connectivity index (χ2n) is 4.71. The van der Waals surface area contributed by atoms with Gasteiger partial charge in [0.1, 0.15) is 0 Å². The molecule has 2 N–H and O–H groups in total. The lowest BCUT2D eigenvalue weighted by Gasteiger charge is -2.16. The molecule has 114 valence electrons. The molecule has 2 aromatic rings. The van der Waals surface area contributed by atoms with Gasteiger partial charge < -0.3 is 15.5 Å². The van der Waals surface area contributed by atoms with E-state index in [1.807, 2.05) is 0 Å². The van der Waals surface area contributed by atoms with Crippen molar-refractivity contribution in [2.45, 2.75) is 6.92 Å². The Morgan fingerprint density at radius 2 is 1.64 bits per heavy atom. The average molecular weight is 318 g/mol. The number of carbonyl (C=O) groups excluding carboxylic acids is 2. The lowest BCUT2D eigenvalue weighted by Crippen LogP contribution is -2.23. The Morgan fingerprint density at radius 1 is 1.00 bits per heavy atom. The van der Waals surface area contributed by atoms with Gasteiger partial charge in [0.05, 0.1) is 0 Å². The van der Waals surface area contributed by atoms with Gasteiger partial charge in [0.15, 0.2) is 0 Å². The molecule has 0 aliphatic heterocycles. The monoisotopic (exact) mass is 317 g/mol. The third-order valence-electron chi connectivity index (χ3n) is 3.07. The van der Waals surface area contributed by atoms with Gasteiger partial charge in [-0.1, -0.05) is 17.7 Å². The van der Waals surface area contributed by atoms with Crippen LogP contribution in [0.4, 0.5) is 21.9 Å². The van der Waals surface area contributed by atoms with Gasteiger partial charge in [-0.15, -0.1) is 0 Å². The molecule has 2 rings (SSSR count). The number of nitrogens with one attached hydrogen (secondary N) is 2. The minimum absolute atomic E-state index is 0.0808. The van der Waals surface area contributed by atoms with Crippen molar-refractivity contribution in [1.82, 2.24) is 0 Å². The third-order valence-corrected chi connectivity index (χ3v) is 3.32. The number of carbonyl (C=O) groups is 2. The van der Waals surface area contributed by atoms with Gasteiger partial charge in [0.2, 0.25) is 5.91 Å². The lowest BCUT2D eigenvalue weighted by atomic mass is 10.2. The molecule has 0 radical (unpaired) electrons. The molecule has 22 heavy (non-hydrogen) atoms. The highest BCUT2D eigenvalue weighted by atomic mass is 35.5. The molecule has 2 aromatic carbocycles. The molecule has 0 spiro atoms. The van der Waals surface area contributed by atoms with Crippen LogP contribution in [-0.4, -0.2) is 19.0 Å². The smallest absolute Gasteiger partial charge is 0.316 e. The van der Waals surface area contributed by atoms with E-state index in [0.717, 1.165) is 0 Å². The first-order valence-electron chi connectivity index (χ1n) is 6.63. The molecule has 3 amide bonds. The maximum absolute atomic E-state index is 11.9. The second kappa shape index (κ2) is 6.95. The Balaban J connectivity index is 2.04. The molecule has 0 saturated carbocycles. The number of rotatable bonds is 3. The van der Waals surface area contributed by atoms with E-state index in [1.54, 1.807) is 55.6 Å². The number of benzene rings is 2. The van der Waals surface area contributed by atoms with E-state index in [4.69, 9.17) is 11.6 Å². The molecule has 0 heterocycles. The van der Waals surface area contributed by atoms with Crippen molar-refractivity contribution in [3.63, 3.8) is 0 Å². The minimum Gasteiger partial charge on any atom is -0.316 e. The first kappa shape index (κ1) is 15.9. The van der Waals surface area contributed by atoms with Gasteiger partial charge in [0.25, 0.3) is 0 Å². The first-order valence-corrected chi connectivity index (χ1v) is 7.01. The highest BCUT2D eigenvalue weighted by Gasteiger charge is 2.07. The molecule has 6 heteroatoms. The Bertz CT molecular complexity index is 686. The van der Waals surface area contributed by atoms with Crippen LogP contribution < -0.4 is 15.5 Å².